The molecule has 2 unspecified atom stereocenters. The number of amides is 4. The van der Waals surface area contributed by atoms with Crippen molar-refractivity contribution in [2.45, 2.75) is 25.5 Å². The van der Waals surface area contributed by atoms with Gasteiger partial charge in [-0.15, -0.1) is 0 Å². The van der Waals surface area contributed by atoms with Crippen LogP contribution in [0.5, 0.6) is 11.5 Å². The highest BCUT2D eigenvalue weighted by Crippen LogP contribution is 2.31. The van der Waals surface area contributed by atoms with Crippen molar-refractivity contribution in [3.05, 3.63) is 59.7 Å². The number of hydrogen-bond acceptors (Lipinski definition) is 5. The Hall–Kier alpha value is -3.55. The molecule has 2 aliphatic rings. The number of nitrogens with zero attached hydrogens (tertiary/aromatic N) is 2. The minimum atomic E-state index is -1.20. The van der Waals surface area contributed by atoms with Crippen LogP contribution in [0.1, 0.15) is 18.1 Å². The van der Waals surface area contributed by atoms with E-state index in [-0.39, 0.29) is 25.1 Å². The summed E-state index contributed by atoms with van der Waals surface area (Å²) in [5.74, 6) is 0.485. The number of carbonyl (C=O) groups excluding carboxylic acids is 3. The topological polar surface area (TPSA) is 88.2 Å². The van der Waals surface area contributed by atoms with Gasteiger partial charge in [0.05, 0.1) is 6.54 Å². The molecular weight excluding hydrogens is 398 g/mol. The maximum atomic E-state index is 13.0. The van der Waals surface area contributed by atoms with Gasteiger partial charge in [-0.25, -0.2) is 4.79 Å². The van der Waals surface area contributed by atoms with Crippen LogP contribution in [0.3, 0.4) is 0 Å². The van der Waals surface area contributed by atoms with Crippen molar-refractivity contribution in [2.24, 2.45) is 0 Å². The van der Waals surface area contributed by atoms with E-state index >= 15 is 0 Å². The predicted molar refractivity (Wildman–Crippen MR) is 113 cm³/mol. The van der Waals surface area contributed by atoms with E-state index in [1.807, 2.05) is 55.5 Å². The van der Waals surface area contributed by atoms with Crippen LogP contribution in [-0.2, 0) is 15.1 Å². The van der Waals surface area contributed by atoms with Crippen LogP contribution >= 0.6 is 0 Å². The maximum absolute atomic E-state index is 13.0. The standard InChI is InChI=1S/C23H25N3O5/c1-15-8-10-16(11-9-15)23(2)21(28)26(22(29)24-23)13-20(27)25(3)12-17-14-30-18-6-4-5-7-19(18)31-17/h4-11,17H,12-14H2,1-3H3,(H,24,29). The summed E-state index contributed by atoms with van der Waals surface area (Å²) in [6.07, 6.45) is -0.343. The molecule has 4 rings (SSSR count). The summed E-state index contributed by atoms with van der Waals surface area (Å²) < 4.78 is 11.6. The van der Waals surface area contributed by atoms with Gasteiger partial charge >= 0.3 is 6.03 Å². The second-order valence-electron chi connectivity index (χ2n) is 8.08. The molecule has 4 amide bonds. The lowest BCUT2D eigenvalue weighted by atomic mass is 9.91. The number of likely N-dealkylation sites (N-methyl/N-ethyl adjacent to an activating group) is 1. The van der Waals surface area contributed by atoms with Crippen LogP contribution in [0.15, 0.2) is 48.5 Å². The van der Waals surface area contributed by atoms with Crippen LogP contribution in [0.2, 0.25) is 0 Å². The fraction of sp³-hybridized carbons (Fsp3) is 0.348. The first-order chi connectivity index (χ1) is 14.8. The largest absolute Gasteiger partial charge is 0.486 e. The molecule has 0 spiro atoms. The average molecular weight is 423 g/mol. The van der Waals surface area contributed by atoms with Gasteiger partial charge in [0, 0.05) is 7.05 Å². The normalized spacial score (nSPS) is 22.3. The number of imide groups is 1. The van der Waals surface area contributed by atoms with Crippen molar-refractivity contribution in [1.29, 1.82) is 0 Å². The molecule has 0 aliphatic carbocycles. The minimum Gasteiger partial charge on any atom is -0.486 e. The molecule has 1 N–H and O–H groups in total. The third kappa shape index (κ3) is 3.93. The van der Waals surface area contributed by atoms with E-state index in [4.69, 9.17) is 9.47 Å². The van der Waals surface area contributed by atoms with Crippen LogP contribution in [-0.4, -0.2) is 60.5 Å². The molecule has 162 valence electrons. The highest BCUT2D eigenvalue weighted by atomic mass is 16.6. The SMILES string of the molecule is Cc1ccc(C2(C)NC(=O)N(CC(=O)N(C)CC3COc4ccccc4O3)C2=O)cc1. The zero-order valence-electron chi connectivity index (χ0n) is 17.8. The van der Waals surface area contributed by atoms with Crippen molar-refractivity contribution in [1.82, 2.24) is 15.1 Å². The van der Waals surface area contributed by atoms with Crippen LogP contribution in [0.25, 0.3) is 0 Å². The summed E-state index contributed by atoms with van der Waals surface area (Å²) in [5, 5.41) is 2.72. The molecule has 2 heterocycles. The zero-order valence-corrected chi connectivity index (χ0v) is 17.8. The van der Waals surface area contributed by atoms with Gasteiger partial charge in [0.1, 0.15) is 18.7 Å². The molecule has 0 saturated carbocycles. The quantitative estimate of drug-likeness (QED) is 0.744. The Labute approximate surface area is 180 Å². The van der Waals surface area contributed by atoms with E-state index in [1.165, 1.54) is 4.90 Å². The Morgan fingerprint density at radius 1 is 1.16 bits per heavy atom. The fourth-order valence-electron chi connectivity index (χ4n) is 3.74. The number of rotatable bonds is 5. The number of hydrogen-bond donors (Lipinski definition) is 1. The molecule has 31 heavy (non-hydrogen) atoms. The van der Waals surface area contributed by atoms with E-state index in [0.29, 0.717) is 23.7 Å². The lowest BCUT2D eigenvalue weighted by Gasteiger charge is -2.30. The summed E-state index contributed by atoms with van der Waals surface area (Å²) in [4.78, 5) is 40.7. The van der Waals surface area contributed by atoms with E-state index in [1.54, 1.807) is 14.0 Å². The van der Waals surface area contributed by atoms with Gasteiger partial charge in [-0.2, -0.15) is 0 Å². The third-order valence-electron chi connectivity index (χ3n) is 5.67. The monoisotopic (exact) mass is 423 g/mol. The van der Waals surface area contributed by atoms with Crippen molar-refractivity contribution >= 4 is 17.8 Å². The van der Waals surface area contributed by atoms with E-state index in [9.17, 15) is 14.4 Å². The first-order valence-electron chi connectivity index (χ1n) is 10.1. The Bertz CT molecular complexity index is 1020. The van der Waals surface area contributed by atoms with Crippen LogP contribution in [0, 0.1) is 6.92 Å². The number of nitrogens with one attached hydrogen (secondary N) is 1. The number of benzene rings is 2. The smallest absolute Gasteiger partial charge is 0.325 e. The van der Waals surface area contributed by atoms with E-state index in [0.717, 1.165) is 10.5 Å². The maximum Gasteiger partial charge on any atom is 0.325 e. The molecule has 0 aromatic heterocycles. The number of para-hydroxylation sites is 2. The fourth-order valence-corrected chi connectivity index (χ4v) is 3.74. The molecule has 8 nitrogen and oxygen atoms in total. The van der Waals surface area contributed by atoms with Gasteiger partial charge in [0.25, 0.3) is 5.91 Å². The molecule has 0 bridgehead atoms. The number of carbonyl (C=O) groups is 3. The Kier molecular flexibility index (Phi) is 5.31. The summed E-state index contributed by atoms with van der Waals surface area (Å²) >= 11 is 0. The molecule has 2 atom stereocenters. The van der Waals surface area contributed by atoms with Gasteiger partial charge in [-0.1, -0.05) is 42.0 Å². The molecule has 1 saturated heterocycles. The van der Waals surface area contributed by atoms with Gasteiger partial charge in [0.15, 0.2) is 17.6 Å². The Morgan fingerprint density at radius 2 is 1.84 bits per heavy atom. The molecule has 8 heteroatoms. The van der Waals surface area contributed by atoms with Crippen LogP contribution < -0.4 is 14.8 Å². The summed E-state index contributed by atoms with van der Waals surface area (Å²) in [5.41, 5.74) is 0.522. The average Bonchev–Trinajstić information content (AvgIpc) is 2.97. The van der Waals surface area contributed by atoms with Crippen molar-refractivity contribution in [3.63, 3.8) is 0 Å². The van der Waals surface area contributed by atoms with Crippen molar-refractivity contribution in [2.75, 3.05) is 26.7 Å². The lowest BCUT2D eigenvalue weighted by Crippen LogP contribution is -2.47. The minimum absolute atomic E-state index is 0.270. The molecule has 2 aromatic rings. The van der Waals surface area contributed by atoms with Gasteiger partial charge in [0.2, 0.25) is 5.91 Å². The number of ether oxygens (including phenoxy) is 2. The first kappa shape index (κ1) is 20.7. The van der Waals surface area contributed by atoms with Crippen LogP contribution in [0.4, 0.5) is 4.79 Å². The summed E-state index contributed by atoms with van der Waals surface area (Å²) in [7, 11) is 1.61. The highest BCUT2D eigenvalue weighted by Gasteiger charge is 2.49. The van der Waals surface area contributed by atoms with Gasteiger partial charge in [-0.05, 0) is 31.5 Å². The predicted octanol–water partition coefficient (Wildman–Crippen LogP) is 2.06. The Balaban J connectivity index is 1.39. The molecule has 0 radical (unpaired) electrons. The molecular formula is C23H25N3O5. The van der Waals surface area contributed by atoms with E-state index < -0.39 is 17.5 Å². The lowest BCUT2D eigenvalue weighted by molar-refractivity contribution is -0.138. The second-order valence-corrected chi connectivity index (χ2v) is 8.08. The highest BCUT2D eigenvalue weighted by molar-refractivity contribution is 6.09. The zero-order chi connectivity index (χ0) is 22.2. The first-order valence-corrected chi connectivity index (χ1v) is 10.1. The summed E-state index contributed by atoms with van der Waals surface area (Å²) in [6, 6.07) is 14.1. The number of fused-ring (bicyclic) bond motifs is 1. The van der Waals surface area contributed by atoms with E-state index in [2.05, 4.69) is 5.32 Å². The second kappa shape index (κ2) is 7.94. The molecule has 2 aromatic carbocycles. The molecule has 1 fully saturated rings. The van der Waals surface area contributed by atoms with Crippen molar-refractivity contribution < 1.29 is 23.9 Å². The third-order valence-corrected chi connectivity index (χ3v) is 5.67. The van der Waals surface area contributed by atoms with Crippen molar-refractivity contribution in [3.8, 4) is 11.5 Å². The summed E-state index contributed by atoms with van der Waals surface area (Å²) in [6.45, 7) is 3.83. The number of aryl methyl sites for hydroxylation is 1. The Morgan fingerprint density at radius 3 is 2.55 bits per heavy atom. The molecule has 2 aliphatic heterocycles. The van der Waals surface area contributed by atoms with Gasteiger partial charge < -0.3 is 19.7 Å². The van der Waals surface area contributed by atoms with Gasteiger partial charge in [-0.3, -0.25) is 14.5 Å². The number of urea groups is 1.